The van der Waals surface area contributed by atoms with Gasteiger partial charge in [-0.05, 0) is 23.3 Å². The second-order valence-corrected chi connectivity index (χ2v) is 4.02. The molecule has 13 heavy (non-hydrogen) atoms. The molecule has 1 atom stereocenters. The van der Waals surface area contributed by atoms with Crippen LogP contribution in [0.1, 0.15) is 24.0 Å². The number of rotatable bonds is 3. The van der Waals surface area contributed by atoms with Gasteiger partial charge in [0.2, 0.25) is 0 Å². The third-order valence-corrected chi connectivity index (χ3v) is 2.48. The van der Waals surface area contributed by atoms with E-state index in [1.807, 2.05) is 25.1 Å². The van der Waals surface area contributed by atoms with Gasteiger partial charge < -0.3 is 5.11 Å². The van der Waals surface area contributed by atoms with Crippen molar-refractivity contribution in [1.82, 2.24) is 0 Å². The summed E-state index contributed by atoms with van der Waals surface area (Å²) in [4.78, 5) is 0. The minimum absolute atomic E-state index is 0.174. The lowest BCUT2D eigenvalue weighted by Crippen LogP contribution is -1.98. The second kappa shape index (κ2) is 4.58. The van der Waals surface area contributed by atoms with E-state index in [2.05, 4.69) is 22.5 Å². The maximum Gasteiger partial charge on any atom is 0.0497 e. The zero-order valence-electron chi connectivity index (χ0n) is 7.63. The van der Waals surface area contributed by atoms with E-state index < -0.39 is 0 Å². The van der Waals surface area contributed by atoms with Crippen LogP contribution in [0.2, 0.25) is 0 Å². The molecule has 0 heterocycles. The van der Waals surface area contributed by atoms with E-state index in [-0.39, 0.29) is 12.5 Å². The van der Waals surface area contributed by atoms with Crippen LogP contribution in [0.15, 0.2) is 29.3 Å². The van der Waals surface area contributed by atoms with Gasteiger partial charge in [-0.15, -0.1) is 0 Å². The minimum Gasteiger partial charge on any atom is -0.396 e. The summed E-state index contributed by atoms with van der Waals surface area (Å²) in [7, 11) is 0. The molecule has 0 aliphatic heterocycles. The first kappa shape index (κ1) is 10.5. The zero-order chi connectivity index (χ0) is 9.84. The first-order valence-electron chi connectivity index (χ1n) is 4.21. The lowest BCUT2D eigenvalue weighted by Gasteiger charge is -2.09. The predicted molar refractivity (Wildman–Crippen MR) is 59.7 cm³/mol. The van der Waals surface area contributed by atoms with Gasteiger partial charge in [-0.2, -0.15) is 0 Å². The van der Waals surface area contributed by atoms with Crippen molar-refractivity contribution in [2.24, 2.45) is 0 Å². The van der Waals surface area contributed by atoms with Crippen LogP contribution in [-0.2, 0) is 0 Å². The molecular weight excluding hydrogens is 228 g/mol. The number of aliphatic hydroxyl groups excluding tert-OH is 1. The Morgan fingerprint density at radius 2 is 2.23 bits per heavy atom. The van der Waals surface area contributed by atoms with Gasteiger partial charge in [0.1, 0.15) is 0 Å². The maximum atomic E-state index is 9.00. The number of hydrogen-bond acceptors (Lipinski definition) is 1. The van der Waals surface area contributed by atoms with Crippen molar-refractivity contribution >= 4 is 22.0 Å². The van der Waals surface area contributed by atoms with Crippen LogP contribution in [0, 0.1) is 0 Å². The molecule has 0 spiro atoms. The van der Waals surface area contributed by atoms with Crippen molar-refractivity contribution in [3.63, 3.8) is 0 Å². The zero-order valence-corrected chi connectivity index (χ0v) is 9.21. The fourth-order valence-corrected chi connectivity index (χ4v) is 1.67. The Bertz CT molecular complexity index is 307. The van der Waals surface area contributed by atoms with Crippen LogP contribution < -0.4 is 0 Å². The molecule has 1 aromatic rings. The molecule has 1 rings (SSSR count). The molecule has 0 aliphatic rings. The van der Waals surface area contributed by atoms with Gasteiger partial charge in [0.05, 0.1) is 0 Å². The van der Waals surface area contributed by atoms with Crippen molar-refractivity contribution in [1.29, 1.82) is 0 Å². The van der Waals surface area contributed by atoms with E-state index in [1.54, 1.807) is 6.08 Å². The van der Waals surface area contributed by atoms with E-state index in [0.717, 1.165) is 15.6 Å². The number of halogens is 1. The van der Waals surface area contributed by atoms with Gasteiger partial charge in [-0.3, -0.25) is 0 Å². The van der Waals surface area contributed by atoms with Gasteiger partial charge >= 0.3 is 0 Å². The van der Waals surface area contributed by atoms with Crippen LogP contribution in [0.25, 0.3) is 6.08 Å². The molecule has 1 nitrogen and oxygen atoms in total. The van der Waals surface area contributed by atoms with Crippen molar-refractivity contribution in [2.45, 2.75) is 12.8 Å². The van der Waals surface area contributed by atoms with Crippen LogP contribution in [0.3, 0.4) is 0 Å². The van der Waals surface area contributed by atoms with Crippen LogP contribution in [0.4, 0.5) is 0 Å². The lowest BCUT2D eigenvalue weighted by molar-refractivity contribution is 0.273. The third-order valence-electron chi connectivity index (χ3n) is 2.02. The fraction of sp³-hybridized carbons (Fsp3) is 0.273. The van der Waals surface area contributed by atoms with Gasteiger partial charge in [0, 0.05) is 17.0 Å². The lowest BCUT2D eigenvalue weighted by atomic mass is 10.00. The monoisotopic (exact) mass is 240 g/mol. The maximum absolute atomic E-state index is 9.00. The van der Waals surface area contributed by atoms with Crippen LogP contribution in [0.5, 0.6) is 0 Å². The standard InChI is InChI=1S/C11H13BrO/c1-3-9-4-10(8(2)7-13)6-11(12)5-9/h3-6,8,13H,1,7H2,2H3. The number of hydrogen-bond donors (Lipinski definition) is 1. The molecule has 0 saturated heterocycles. The first-order valence-corrected chi connectivity index (χ1v) is 5.00. The summed E-state index contributed by atoms with van der Waals surface area (Å²) >= 11 is 3.42. The quantitative estimate of drug-likeness (QED) is 0.861. The molecule has 0 radical (unpaired) electrons. The second-order valence-electron chi connectivity index (χ2n) is 3.11. The Kier molecular flexibility index (Phi) is 3.70. The third kappa shape index (κ3) is 2.68. The molecular formula is C11H13BrO. The molecule has 1 N–H and O–H groups in total. The van der Waals surface area contributed by atoms with E-state index in [4.69, 9.17) is 5.11 Å². The van der Waals surface area contributed by atoms with Gasteiger partial charge in [0.15, 0.2) is 0 Å². The van der Waals surface area contributed by atoms with E-state index >= 15 is 0 Å². The largest absolute Gasteiger partial charge is 0.396 e. The smallest absolute Gasteiger partial charge is 0.0497 e. The molecule has 1 unspecified atom stereocenters. The SMILES string of the molecule is C=Cc1cc(Br)cc(C(C)CO)c1. The Balaban J connectivity index is 3.07. The highest BCUT2D eigenvalue weighted by Crippen LogP contribution is 2.22. The van der Waals surface area contributed by atoms with Crippen LogP contribution in [-0.4, -0.2) is 11.7 Å². The predicted octanol–water partition coefficient (Wildman–Crippen LogP) is 3.19. The molecule has 0 amide bonds. The van der Waals surface area contributed by atoms with E-state index in [0.29, 0.717) is 0 Å². The fourth-order valence-electron chi connectivity index (χ4n) is 1.14. The summed E-state index contributed by atoms with van der Waals surface area (Å²) in [5.41, 5.74) is 2.21. The summed E-state index contributed by atoms with van der Waals surface area (Å²) in [6.45, 7) is 5.88. The van der Waals surface area contributed by atoms with Crippen molar-refractivity contribution in [2.75, 3.05) is 6.61 Å². The molecule has 1 aromatic carbocycles. The van der Waals surface area contributed by atoms with Gasteiger partial charge in [-0.1, -0.05) is 41.6 Å². The Hall–Kier alpha value is -0.600. The number of benzene rings is 1. The Morgan fingerprint density at radius 3 is 2.77 bits per heavy atom. The van der Waals surface area contributed by atoms with Crippen LogP contribution >= 0.6 is 15.9 Å². The summed E-state index contributed by atoms with van der Waals surface area (Å²) in [6, 6.07) is 6.06. The molecule has 0 aromatic heterocycles. The Morgan fingerprint density at radius 1 is 1.54 bits per heavy atom. The molecule has 0 fully saturated rings. The highest BCUT2D eigenvalue weighted by Gasteiger charge is 2.05. The van der Waals surface area contributed by atoms with Crippen molar-refractivity contribution in [3.05, 3.63) is 40.4 Å². The number of aliphatic hydroxyl groups is 1. The summed E-state index contributed by atoms with van der Waals surface area (Å²) < 4.78 is 1.03. The molecule has 0 aliphatic carbocycles. The Labute approximate surface area is 87.2 Å². The van der Waals surface area contributed by atoms with E-state index in [1.165, 1.54) is 0 Å². The molecule has 0 saturated carbocycles. The highest BCUT2D eigenvalue weighted by molar-refractivity contribution is 9.10. The molecule has 70 valence electrons. The van der Waals surface area contributed by atoms with Gasteiger partial charge in [0.25, 0.3) is 0 Å². The first-order chi connectivity index (χ1) is 6.17. The minimum atomic E-state index is 0.174. The summed E-state index contributed by atoms with van der Waals surface area (Å²) in [5, 5.41) is 9.00. The molecule has 0 bridgehead atoms. The molecule has 2 heteroatoms. The van der Waals surface area contributed by atoms with Crippen molar-refractivity contribution in [3.8, 4) is 0 Å². The van der Waals surface area contributed by atoms with E-state index in [9.17, 15) is 0 Å². The summed E-state index contributed by atoms with van der Waals surface area (Å²) in [5.74, 6) is 0.177. The van der Waals surface area contributed by atoms with Gasteiger partial charge in [-0.25, -0.2) is 0 Å². The normalized spacial score (nSPS) is 12.5. The topological polar surface area (TPSA) is 20.2 Å². The van der Waals surface area contributed by atoms with Crippen molar-refractivity contribution < 1.29 is 5.11 Å². The average molecular weight is 241 g/mol. The average Bonchev–Trinajstić information content (AvgIpc) is 2.15. The summed E-state index contributed by atoms with van der Waals surface area (Å²) in [6.07, 6.45) is 1.80. The highest BCUT2D eigenvalue weighted by atomic mass is 79.9.